The smallest absolute Gasteiger partial charge is 0.335 e. The summed E-state index contributed by atoms with van der Waals surface area (Å²) in [5.74, 6) is -0.511. The molecule has 1 N–H and O–H groups in total. The maximum absolute atomic E-state index is 13.6. The van der Waals surface area contributed by atoms with Gasteiger partial charge in [0.2, 0.25) is 5.91 Å². The molecule has 1 aliphatic carbocycles. The topological polar surface area (TPSA) is 65.8 Å². The fraction of sp³-hybridized carbons (Fsp3) is 0.448. The maximum Gasteiger partial charge on any atom is 0.335 e. The van der Waals surface area contributed by atoms with E-state index in [1.807, 2.05) is 35.2 Å². The van der Waals surface area contributed by atoms with Crippen LogP contribution >= 0.6 is 11.6 Å². The van der Waals surface area contributed by atoms with Crippen LogP contribution in [0.3, 0.4) is 0 Å². The van der Waals surface area contributed by atoms with E-state index < -0.39 is 5.97 Å². The van der Waals surface area contributed by atoms with Gasteiger partial charge in [0.05, 0.1) is 16.8 Å². The minimum Gasteiger partial charge on any atom is -0.478 e. The summed E-state index contributed by atoms with van der Waals surface area (Å²) >= 11 is 6.23. The number of fused-ring (bicyclic) bond motifs is 1. The van der Waals surface area contributed by atoms with E-state index in [2.05, 4.69) is 23.6 Å². The highest BCUT2D eigenvalue weighted by atomic mass is 35.5. The first-order chi connectivity index (χ1) is 17.3. The maximum atomic E-state index is 13.6. The van der Waals surface area contributed by atoms with E-state index in [0.29, 0.717) is 17.0 Å². The molecule has 3 aromatic rings. The van der Waals surface area contributed by atoms with Crippen LogP contribution < -0.4 is 0 Å². The lowest BCUT2D eigenvalue weighted by Gasteiger charge is -2.24. The van der Waals surface area contributed by atoms with E-state index in [1.54, 1.807) is 12.1 Å². The van der Waals surface area contributed by atoms with E-state index in [-0.39, 0.29) is 18.0 Å². The molecule has 6 nitrogen and oxygen atoms in total. The van der Waals surface area contributed by atoms with Gasteiger partial charge in [-0.3, -0.25) is 4.79 Å². The predicted octanol–water partition coefficient (Wildman–Crippen LogP) is 5.87. The molecule has 7 heteroatoms. The van der Waals surface area contributed by atoms with Gasteiger partial charge < -0.3 is 19.5 Å². The molecule has 1 unspecified atom stereocenters. The fourth-order valence-electron chi connectivity index (χ4n) is 6.02. The number of nitrogens with zero attached hydrogens (tertiary/aromatic N) is 3. The number of aromatic nitrogens is 1. The fourth-order valence-corrected chi connectivity index (χ4v) is 6.15. The highest BCUT2D eigenvalue weighted by molar-refractivity contribution is 6.30. The van der Waals surface area contributed by atoms with E-state index in [0.717, 1.165) is 54.5 Å². The molecule has 5 rings (SSSR count). The molecule has 1 saturated heterocycles. The Labute approximate surface area is 217 Å². The Morgan fingerprint density at radius 2 is 1.75 bits per heavy atom. The molecule has 2 aromatic carbocycles. The van der Waals surface area contributed by atoms with Crippen molar-refractivity contribution in [1.82, 2.24) is 14.4 Å². The van der Waals surface area contributed by atoms with Crippen LogP contribution in [-0.4, -0.2) is 64.6 Å². The number of carboxylic acid groups (broad SMARTS) is 1. The van der Waals surface area contributed by atoms with Crippen LogP contribution in [0.5, 0.6) is 0 Å². The molecule has 0 spiro atoms. The lowest BCUT2D eigenvalue weighted by Crippen LogP contribution is -2.36. The van der Waals surface area contributed by atoms with Crippen molar-refractivity contribution < 1.29 is 14.7 Å². The summed E-state index contributed by atoms with van der Waals surface area (Å²) in [6, 6.07) is 13.5. The highest BCUT2D eigenvalue weighted by Gasteiger charge is 2.31. The van der Waals surface area contributed by atoms with Crippen molar-refractivity contribution in [2.24, 2.45) is 0 Å². The molecule has 0 bridgehead atoms. The number of carbonyl (C=O) groups excluding carboxylic acids is 1. The van der Waals surface area contributed by atoms with E-state index in [1.165, 1.54) is 24.8 Å². The number of benzene rings is 2. The van der Waals surface area contributed by atoms with Crippen molar-refractivity contribution >= 4 is 34.4 Å². The quantitative estimate of drug-likeness (QED) is 0.453. The third kappa shape index (κ3) is 4.76. The Hall–Kier alpha value is -2.83. The summed E-state index contributed by atoms with van der Waals surface area (Å²) in [7, 11) is 4.11. The van der Waals surface area contributed by atoms with Gasteiger partial charge >= 0.3 is 5.97 Å². The van der Waals surface area contributed by atoms with Gasteiger partial charge in [0.25, 0.3) is 0 Å². The number of hydrogen-bond acceptors (Lipinski definition) is 3. The van der Waals surface area contributed by atoms with Gasteiger partial charge in [0, 0.05) is 29.5 Å². The third-order valence-electron chi connectivity index (χ3n) is 8.02. The summed E-state index contributed by atoms with van der Waals surface area (Å²) in [5, 5.41) is 11.5. The largest absolute Gasteiger partial charge is 0.478 e. The first kappa shape index (κ1) is 24.8. The minimum atomic E-state index is -0.961. The van der Waals surface area contributed by atoms with Crippen molar-refractivity contribution in [2.75, 3.05) is 27.2 Å². The van der Waals surface area contributed by atoms with Crippen LogP contribution in [0.4, 0.5) is 0 Å². The molecule has 0 radical (unpaired) electrons. The predicted molar refractivity (Wildman–Crippen MR) is 144 cm³/mol. The van der Waals surface area contributed by atoms with Crippen LogP contribution in [-0.2, 0) is 11.3 Å². The Balaban J connectivity index is 1.67. The molecule has 1 saturated carbocycles. The average molecular weight is 508 g/mol. The van der Waals surface area contributed by atoms with Crippen molar-refractivity contribution in [1.29, 1.82) is 0 Å². The lowest BCUT2D eigenvalue weighted by atomic mass is 9.82. The minimum absolute atomic E-state index is 0.0717. The molecule has 36 heavy (non-hydrogen) atoms. The van der Waals surface area contributed by atoms with Crippen molar-refractivity contribution in [2.45, 2.75) is 57.0 Å². The average Bonchev–Trinajstić information content (AvgIpc) is 3.49. The molecule has 2 aliphatic rings. The molecular formula is C29H34ClN3O3. The first-order valence-electron chi connectivity index (χ1n) is 12.9. The summed E-state index contributed by atoms with van der Waals surface area (Å²) < 4.78 is 2.07. The van der Waals surface area contributed by atoms with Gasteiger partial charge in [-0.15, -0.1) is 0 Å². The monoisotopic (exact) mass is 507 g/mol. The second-order valence-electron chi connectivity index (χ2n) is 10.5. The van der Waals surface area contributed by atoms with Crippen molar-refractivity contribution in [3.63, 3.8) is 0 Å². The number of rotatable bonds is 6. The van der Waals surface area contributed by atoms with E-state index in [4.69, 9.17) is 11.6 Å². The van der Waals surface area contributed by atoms with Crippen LogP contribution in [0.15, 0.2) is 42.5 Å². The van der Waals surface area contributed by atoms with Gasteiger partial charge in [0.1, 0.15) is 6.54 Å². The Bertz CT molecular complexity index is 1280. The zero-order valence-corrected chi connectivity index (χ0v) is 21.8. The third-order valence-corrected chi connectivity index (χ3v) is 8.27. The second-order valence-corrected chi connectivity index (χ2v) is 10.9. The Kier molecular flexibility index (Phi) is 7.09. The van der Waals surface area contributed by atoms with Gasteiger partial charge in [-0.1, -0.05) is 49.1 Å². The van der Waals surface area contributed by atoms with E-state index in [9.17, 15) is 14.7 Å². The highest BCUT2D eigenvalue weighted by Crippen LogP contribution is 2.44. The van der Waals surface area contributed by atoms with Crippen LogP contribution in [0.1, 0.15) is 60.4 Å². The SMILES string of the molecule is CN(C)C1CCN(C(=O)Cn2c(-c3ccc(Cl)cc3)c(C3CCCCC3)c3ccc(C(=O)O)cc32)C1. The summed E-state index contributed by atoms with van der Waals surface area (Å²) in [5.41, 5.74) is 4.32. The lowest BCUT2D eigenvalue weighted by molar-refractivity contribution is -0.130. The number of amides is 1. The number of likely N-dealkylation sites (tertiary alicyclic amines) is 1. The van der Waals surface area contributed by atoms with Crippen LogP contribution in [0, 0.1) is 0 Å². The second kappa shape index (κ2) is 10.3. The first-order valence-corrected chi connectivity index (χ1v) is 13.3. The summed E-state index contributed by atoms with van der Waals surface area (Å²) in [6.07, 6.45) is 6.78. The van der Waals surface area contributed by atoms with Crippen LogP contribution in [0.25, 0.3) is 22.2 Å². The standard InChI is InChI=1S/C29H34ClN3O3/c1-31(2)23-14-15-32(17-23)26(34)18-33-25-16-21(29(35)36)10-13-24(25)27(19-6-4-3-5-7-19)28(33)20-8-11-22(30)12-9-20/h8-13,16,19,23H,3-7,14-15,17-18H2,1-2H3,(H,35,36). The Morgan fingerprint density at radius 3 is 2.39 bits per heavy atom. The zero-order chi connectivity index (χ0) is 25.4. The summed E-state index contributed by atoms with van der Waals surface area (Å²) in [6.45, 7) is 1.65. The van der Waals surface area contributed by atoms with Gasteiger partial charge in [-0.25, -0.2) is 4.79 Å². The number of hydrogen-bond donors (Lipinski definition) is 1. The Morgan fingerprint density at radius 1 is 1.03 bits per heavy atom. The molecule has 2 fully saturated rings. The molecule has 190 valence electrons. The van der Waals surface area contributed by atoms with Gasteiger partial charge in [-0.2, -0.15) is 0 Å². The van der Waals surface area contributed by atoms with Gasteiger partial charge in [0.15, 0.2) is 0 Å². The molecule has 2 heterocycles. The summed E-state index contributed by atoms with van der Waals surface area (Å²) in [4.78, 5) is 29.6. The van der Waals surface area contributed by atoms with Crippen LogP contribution in [0.2, 0.25) is 5.02 Å². The number of likely N-dealkylation sites (N-methyl/N-ethyl adjacent to an activating group) is 1. The zero-order valence-electron chi connectivity index (χ0n) is 21.0. The molecule has 1 aromatic heterocycles. The number of carbonyl (C=O) groups is 2. The van der Waals surface area contributed by atoms with Gasteiger partial charge in [-0.05, 0) is 74.7 Å². The normalized spacial score (nSPS) is 18.9. The van der Waals surface area contributed by atoms with Crippen molar-refractivity contribution in [3.05, 3.63) is 58.6 Å². The molecule has 1 atom stereocenters. The van der Waals surface area contributed by atoms with Crippen molar-refractivity contribution in [3.8, 4) is 11.3 Å². The number of halogens is 1. The molecule has 1 amide bonds. The molecular weight excluding hydrogens is 474 g/mol. The number of aromatic carboxylic acids is 1. The molecule has 1 aliphatic heterocycles. The number of carboxylic acids is 1. The van der Waals surface area contributed by atoms with E-state index >= 15 is 0 Å².